The van der Waals surface area contributed by atoms with Gasteiger partial charge in [0.15, 0.2) is 11.5 Å². The number of ether oxygens (including phenoxy) is 3. The molecule has 8 nitrogen and oxygen atoms in total. The summed E-state index contributed by atoms with van der Waals surface area (Å²) < 4.78 is 18.1. The Morgan fingerprint density at radius 1 is 1.12 bits per heavy atom. The molecule has 0 spiro atoms. The molecule has 1 unspecified atom stereocenters. The van der Waals surface area contributed by atoms with E-state index in [9.17, 15) is 14.4 Å². The van der Waals surface area contributed by atoms with Crippen LogP contribution in [0.15, 0.2) is 52.2 Å². The molecule has 172 valence electrons. The molecule has 0 aliphatic heterocycles. The van der Waals surface area contributed by atoms with Gasteiger partial charge in [-0.2, -0.15) is 0 Å². The van der Waals surface area contributed by atoms with Crippen molar-refractivity contribution in [1.82, 2.24) is 9.13 Å². The molecule has 0 bridgehead atoms. The minimum Gasteiger partial charge on any atom is -0.493 e. The summed E-state index contributed by atoms with van der Waals surface area (Å²) in [6.45, 7) is 1.74. The molecule has 1 aromatic heterocycles. The topological polar surface area (TPSA) is 88.8 Å². The first-order chi connectivity index (χ1) is 15.9. The predicted octanol–water partition coefficient (Wildman–Crippen LogP) is 3.38. The Kier molecular flexibility index (Phi) is 6.29. The van der Waals surface area contributed by atoms with E-state index in [0.717, 1.165) is 15.7 Å². The minimum absolute atomic E-state index is 0.0929. The van der Waals surface area contributed by atoms with Crippen LogP contribution in [0.3, 0.4) is 0 Å². The number of methoxy groups -OCH3 is 2. The number of hydrogen-bond donors (Lipinski definition) is 0. The van der Waals surface area contributed by atoms with Gasteiger partial charge in [-0.15, -0.1) is 0 Å². The highest BCUT2D eigenvalue weighted by atomic mass is 35.5. The fourth-order valence-corrected chi connectivity index (χ4v) is 4.49. The number of halogens is 1. The van der Waals surface area contributed by atoms with Crippen LogP contribution in [0, 0.1) is 0 Å². The van der Waals surface area contributed by atoms with Crippen LogP contribution in [-0.4, -0.2) is 35.9 Å². The maximum absolute atomic E-state index is 13.6. The lowest BCUT2D eigenvalue weighted by Gasteiger charge is -2.19. The van der Waals surface area contributed by atoms with Gasteiger partial charge in [-0.1, -0.05) is 23.7 Å². The Bertz CT molecular complexity index is 1340. The molecular formula is C24H23ClN2O6. The van der Waals surface area contributed by atoms with Crippen LogP contribution in [0.25, 0.3) is 5.69 Å². The Morgan fingerprint density at radius 2 is 1.88 bits per heavy atom. The number of aromatic nitrogens is 2. The zero-order chi connectivity index (χ0) is 23.7. The molecule has 0 amide bonds. The van der Waals surface area contributed by atoms with E-state index in [4.69, 9.17) is 25.8 Å². The van der Waals surface area contributed by atoms with Crippen molar-refractivity contribution >= 4 is 17.6 Å². The summed E-state index contributed by atoms with van der Waals surface area (Å²) in [4.78, 5) is 39.6. The van der Waals surface area contributed by atoms with Gasteiger partial charge in [-0.05, 0) is 49.1 Å². The number of rotatable bonds is 6. The number of benzene rings is 2. The Balaban J connectivity index is 1.98. The number of fused-ring (bicyclic) bond motifs is 1. The molecule has 0 fully saturated rings. The van der Waals surface area contributed by atoms with E-state index in [0.29, 0.717) is 35.1 Å². The zero-order valence-electron chi connectivity index (χ0n) is 18.5. The summed E-state index contributed by atoms with van der Waals surface area (Å²) in [5.41, 5.74) is 0.574. The second kappa shape index (κ2) is 9.15. The maximum Gasteiger partial charge on any atom is 0.345 e. The van der Waals surface area contributed by atoms with E-state index >= 15 is 0 Å². The van der Waals surface area contributed by atoms with Crippen LogP contribution in [0.5, 0.6) is 11.5 Å². The number of carbonyl (C=O) groups is 1. The van der Waals surface area contributed by atoms with Crippen molar-refractivity contribution in [2.75, 3.05) is 20.8 Å². The molecule has 1 aliphatic carbocycles. The average Bonchev–Trinajstić information content (AvgIpc) is 3.24. The van der Waals surface area contributed by atoms with Crippen molar-refractivity contribution in [3.63, 3.8) is 0 Å². The third kappa shape index (κ3) is 3.91. The summed E-state index contributed by atoms with van der Waals surface area (Å²) in [7, 11) is 2.99. The van der Waals surface area contributed by atoms with Crippen molar-refractivity contribution in [2.24, 2.45) is 0 Å². The van der Waals surface area contributed by atoms with E-state index in [-0.39, 0.29) is 12.2 Å². The SMILES string of the molecule is CCOC(=O)c1cn(-c2ccc(OC)c(OC)c2)c(=O)n(C2CCc3c(Cl)cccc32)c1=O. The second-order valence-corrected chi connectivity index (χ2v) is 7.90. The van der Waals surface area contributed by atoms with Crippen molar-refractivity contribution < 1.29 is 19.0 Å². The predicted molar refractivity (Wildman–Crippen MR) is 123 cm³/mol. The number of hydrogen-bond acceptors (Lipinski definition) is 6. The number of carbonyl (C=O) groups excluding carboxylic acids is 1. The lowest BCUT2D eigenvalue weighted by Crippen LogP contribution is -2.44. The normalized spacial score (nSPS) is 14.6. The van der Waals surface area contributed by atoms with Crippen molar-refractivity contribution in [3.05, 3.63) is 85.1 Å². The van der Waals surface area contributed by atoms with Gasteiger partial charge in [0.2, 0.25) is 0 Å². The van der Waals surface area contributed by atoms with Crippen molar-refractivity contribution in [1.29, 1.82) is 0 Å². The standard InChI is InChI=1S/C24H23ClN2O6/c1-4-33-23(29)17-13-26(14-8-11-20(31-2)21(12-14)32-3)24(30)27(22(17)28)19-10-9-15-16(19)6-5-7-18(15)25/h5-8,11-13,19H,4,9-10H2,1-3H3. The Hall–Kier alpha value is -3.52. The molecule has 0 saturated carbocycles. The van der Waals surface area contributed by atoms with E-state index < -0.39 is 23.3 Å². The smallest absolute Gasteiger partial charge is 0.345 e. The maximum atomic E-state index is 13.6. The second-order valence-electron chi connectivity index (χ2n) is 7.49. The first-order valence-electron chi connectivity index (χ1n) is 10.5. The van der Waals surface area contributed by atoms with Gasteiger partial charge in [0.05, 0.1) is 32.6 Å². The van der Waals surface area contributed by atoms with Crippen molar-refractivity contribution in [2.45, 2.75) is 25.8 Å². The minimum atomic E-state index is -0.796. The van der Waals surface area contributed by atoms with Gasteiger partial charge >= 0.3 is 11.7 Å². The monoisotopic (exact) mass is 470 g/mol. The van der Waals surface area contributed by atoms with Crippen LogP contribution < -0.4 is 20.7 Å². The largest absolute Gasteiger partial charge is 0.493 e. The molecule has 33 heavy (non-hydrogen) atoms. The zero-order valence-corrected chi connectivity index (χ0v) is 19.2. The fourth-order valence-electron chi connectivity index (χ4n) is 4.21. The number of nitrogens with zero attached hydrogens (tertiary/aromatic N) is 2. The summed E-state index contributed by atoms with van der Waals surface area (Å²) in [6, 6.07) is 9.75. The van der Waals surface area contributed by atoms with E-state index in [1.54, 1.807) is 37.3 Å². The lowest BCUT2D eigenvalue weighted by atomic mass is 10.1. The molecule has 9 heteroatoms. The molecule has 3 aromatic rings. The summed E-state index contributed by atoms with van der Waals surface area (Å²) >= 11 is 6.34. The van der Waals surface area contributed by atoms with Crippen LogP contribution >= 0.6 is 11.6 Å². The van der Waals surface area contributed by atoms with Gasteiger partial charge in [0, 0.05) is 17.3 Å². The molecular weight excluding hydrogens is 448 g/mol. The highest BCUT2D eigenvalue weighted by molar-refractivity contribution is 6.31. The first kappa shape index (κ1) is 22.7. The van der Waals surface area contributed by atoms with E-state index in [1.165, 1.54) is 25.0 Å². The quantitative estimate of drug-likeness (QED) is 0.513. The summed E-state index contributed by atoms with van der Waals surface area (Å²) in [6.07, 6.45) is 2.34. The fraction of sp³-hybridized carbons (Fsp3) is 0.292. The van der Waals surface area contributed by atoms with Crippen LogP contribution in [-0.2, 0) is 11.2 Å². The third-order valence-electron chi connectivity index (χ3n) is 5.75. The number of esters is 1. The van der Waals surface area contributed by atoms with Crippen LogP contribution in [0.1, 0.15) is 40.9 Å². The molecule has 1 aliphatic rings. The Morgan fingerprint density at radius 3 is 2.58 bits per heavy atom. The molecule has 0 saturated heterocycles. The first-order valence-corrected chi connectivity index (χ1v) is 10.8. The average molecular weight is 471 g/mol. The van der Waals surface area contributed by atoms with Crippen LogP contribution in [0.2, 0.25) is 5.02 Å². The van der Waals surface area contributed by atoms with E-state index in [2.05, 4.69) is 0 Å². The van der Waals surface area contributed by atoms with Gasteiger partial charge in [0.25, 0.3) is 5.56 Å². The van der Waals surface area contributed by atoms with E-state index in [1.807, 2.05) is 6.07 Å². The van der Waals surface area contributed by atoms with Gasteiger partial charge < -0.3 is 14.2 Å². The Labute approximate surface area is 194 Å². The molecule has 4 rings (SSSR count). The third-order valence-corrected chi connectivity index (χ3v) is 6.11. The highest BCUT2D eigenvalue weighted by Gasteiger charge is 2.31. The highest BCUT2D eigenvalue weighted by Crippen LogP contribution is 2.37. The van der Waals surface area contributed by atoms with Crippen LogP contribution in [0.4, 0.5) is 0 Å². The molecule has 1 heterocycles. The molecule has 0 radical (unpaired) electrons. The van der Waals surface area contributed by atoms with Gasteiger partial charge in [-0.25, -0.2) is 9.59 Å². The summed E-state index contributed by atoms with van der Waals surface area (Å²) in [5.74, 6) is 0.0812. The van der Waals surface area contributed by atoms with Gasteiger partial charge in [0.1, 0.15) is 5.56 Å². The van der Waals surface area contributed by atoms with Gasteiger partial charge in [-0.3, -0.25) is 13.9 Å². The van der Waals surface area contributed by atoms with Crippen molar-refractivity contribution in [3.8, 4) is 17.2 Å². The molecule has 0 N–H and O–H groups in total. The lowest BCUT2D eigenvalue weighted by molar-refractivity contribution is 0.0522. The molecule has 2 aromatic carbocycles. The summed E-state index contributed by atoms with van der Waals surface area (Å²) in [5, 5.41) is 0.588. The molecule has 1 atom stereocenters.